The van der Waals surface area contributed by atoms with E-state index in [4.69, 9.17) is 5.73 Å². The molecule has 76 valence electrons. The number of aromatic hydroxyl groups is 1. The van der Waals surface area contributed by atoms with Gasteiger partial charge in [0.25, 0.3) is 0 Å². The van der Waals surface area contributed by atoms with E-state index < -0.39 is 23.4 Å². The molecule has 0 aliphatic carbocycles. The van der Waals surface area contributed by atoms with Gasteiger partial charge in [0, 0.05) is 0 Å². The van der Waals surface area contributed by atoms with Crippen LogP contribution in [0, 0.1) is 5.82 Å². The van der Waals surface area contributed by atoms with Crippen LogP contribution in [0.4, 0.5) is 4.39 Å². The first-order valence-electron chi connectivity index (χ1n) is 3.92. The number of carbonyl (C=O) groups is 1. The summed E-state index contributed by atoms with van der Waals surface area (Å²) in [7, 11) is 0. The lowest BCUT2D eigenvalue weighted by Crippen LogP contribution is -2.27. The molecule has 0 fully saturated rings. The second-order valence-electron chi connectivity index (χ2n) is 2.91. The van der Waals surface area contributed by atoms with Crippen LogP contribution >= 0.6 is 15.9 Å². The summed E-state index contributed by atoms with van der Waals surface area (Å²) in [5, 5.41) is 9.30. The molecular formula is C9H9BrFNO2. The number of rotatable bonds is 2. The summed E-state index contributed by atoms with van der Waals surface area (Å²) in [6, 6.07) is 1.72. The van der Waals surface area contributed by atoms with Gasteiger partial charge in [-0.3, -0.25) is 4.79 Å². The van der Waals surface area contributed by atoms with Gasteiger partial charge in [0.05, 0.1) is 16.1 Å². The minimum atomic E-state index is -0.843. The molecule has 1 atom stereocenters. The zero-order chi connectivity index (χ0) is 10.9. The predicted molar refractivity (Wildman–Crippen MR) is 53.7 cm³/mol. The van der Waals surface area contributed by atoms with E-state index in [9.17, 15) is 14.3 Å². The van der Waals surface area contributed by atoms with Crippen molar-refractivity contribution in [2.24, 2.45) is 5.73 Å². The Morgan fingerprint density at radius 1 is 1.64 bits per heavy atom. The summed E-state index contributed by atoms with van der Waals surface area (Å²) in [5.41, 5.74) is 4.95. The van der Waals surface area contributed by atoms with Crippen LogP contribution in [0.15, 0.2) is 16.6 Å². The lowest BCUT2D eigenvalue weighted by molar-refractivity contribution is 0.0961. The molecule has 0 saturated heterocycles. The van der Waals surface area contributed by atoms with Crippen molar-refractivity contribution in [3.63, 3.8) is 0 Å². The molecule has 14 heavy (non-hydrogen) atoms. The van der Waals surface area contributed by atoms with Crippen LogP contribution in [-0.2, 0) is 0 Å². The molecule has 1 unspecified atom stereocenters. The number of phenols is 1. The summed E-state index contributed by atoms with van der Waals surface area (Å²) in [6.07, 6.45) is 0. The number of ketones is 1. The van der Waals surface area contributed by atoms with Gasteiger partial charge in [0.2, 0.25) is 0 Å². The fourth-order valence-corrected chi connectivity index (χ4v) is 1.33. The zero-order valence-corrected chi connectivity index (χ0v) is 9.01. The molecule has 1 aromatic rings. The Hall–Kier alpha value is -0.940. The number of carbonyl (C=O) groups excluding carboxylic acids is 1. The quantitative estimate of drug-likeness (QED) is 0.799. The van der Waals surface area contributed by atoms with Crippen LogP contribution in [0.25, 0.3) is 0 Å². The maximum absolute atomic E-state index is 13.4. The molecule has 0 radical (unpaired) electrons. The zero-order valence-electron chi connectivity index (χ0n) is 7.42. The first-order valence-corrected chi connectivity index (χ1v) is 4.71. The standard InChI is InChI=1S/C9H9BrFNO2/c1-4(12)9(14)7-6(13)3-2-5(10)8(7)11/h2-4,13H,12H2,1H3. The number of phenolic OH excluding ortho intramolecular Hbond substituents is 1. The van der Waals surface area contributed by atoms with Crippen LogP contribution < -0.4 is 5.73 Å². The van der Waals surface area contributed by atoms with E-state index in [-0.39, 0.29) is 10.0 Å². The van der Waals surface area contributed by atoms with Gasteiger partial charge in [-0.25, -0.2) is 4.39 Å². The summed E-state index contributed by atoms with van der Waals surface area (Å²) in [6.45, 7) is 1.43. The number of nitrogens with two attached hydrogens (primary N) is 1. The molecule has 0 bridgehead atoms. The topological polar surface area (TPSA) is 63.3 Å². The van der Waals surface area contributed by atoms with Crippen molar-refractivity contribution in [3.8, 4) is 5.75 Å². The molecular weight excluding hydrogens is 253 g/mol. The molecule has 0 aromatic heterocycles. The van der Waals surface area contributed by atoms with Gasteiger partial charge < -0.3 is 10.8 Å². The third kappa shape index (κ3) is 1.93. The highest BCUT2D eigenvalue weighted by atomic mass is 79.9. The van der Waals surface area contributed by atoms with Crippen molar-refractivity contribution in [1.82, 2.24) is 0 Å². The molecule has 3 N–H and O–H groups in total. The SMILES string of the molecule is CC(N)C(=O)c1c(O)ccc(Br)c1F. The maximum Gasteiger partial charge on any atom is 0.185 e. The molecule has 0 aliphatic rings. The number of Topliss-reactive ketones (excluding diaryl/α,β-unsaturated/α-hetero) is 1. The van der Waals surface area contributed by atoms with Gasteiger partial charge in [-0.1, -0.05) is 0 Å². The Bertz CT molecular complexity index is 379. The van der Waals surface area contributed by atoms with Gasteiger partial charge in [-0.2, -0.15) is 0 Å². The van der Waals surface area contributed by atoms with E-state index in [0.29, 0.717) is 0 Å². The largest absolute Gasteiger partial charge is 0.507 e. The summed E-state index contributed by atoms with van der Waals surface area (Å²) in [4.78, 5) is 11.4. The van der Waals surface area contributed by atoms with E-state index in [1.54, 1.807) is 0 Å². The number of hydrogen-bond acceptors (Lipinski definition) is 3. The molecule has 3 nitrogen and oxygen atoms in total. The van der Waals surface area contributed by atoms with Crippen LogP contribution in [0.1, 0.15) is 17.3 Å². The summed E-state index contributed by atoms with van der Waals surface area (Å²) in [5.74, 6) is -1.80. The first kappa shape index (κ1) is 11.1. The predicted octanol–water partition coefficient (Wildman–Crippen LogP) is 1.82. The van der Waals surface area contributed by atoms with Gasteiger partial charge in [0.1, 0.15) is 5.75 Å². The van der Waals surface area contributed by atoms with Gasteiger partial charge in [-0.05, 0) is 35.0 Å². The molecule has 0 aliphatic heterocycles. The fraction of sp³-hybridized carbons (Fsp3) is 0.222. The Kier molecular flexibility index (Phi) is 3.23. The highest BCUT2D eigenvalue weighted by Gasteiger charge is 2.21. The van der Waals surface area contributed by atoms with E-state index in [1.165, 1.54) is 19.1 Å². The van der Waals surface area contributed by atoms with Crippen molar-refractivity contribution < 1.29 is 14.3 Å². The van der Waals surface area contributed by atoms with Crippen LogP contribution in [0.5, 0.6) is 5.75 Å². The second-order valence-corrected chi connectivity index (χ2v) is 3.76. The summed E-state index contributed by atoms with van der Waals surface area (Å²) < 4.78 is 13.5. The third-order valence-corrected chi connectivity index (χ3v) is 2.35. The van der Waals surface area contributed by atoms with E-state index in [1.807, 2.05) is 0 Å². The molecule has 0 amide bonds. The number of hydrogen-bond donors (Lipinski definition) is 2. The lowest BCUT2D eigenvalue weighted by atomic mass is 10.0. The lowest BCUT2D eigenvalue weighted by Gasteiger charge is -2.08. The minimum absolute atomic E-state index is 0.124. The van der Waals surface area contributed by atoms with E-state index >= 15 is 0 Å². The highest BCUT2D eigenvalue weighted by molar-refractivity contribution is 9.10. The molecule has 0 saturated carbocycles. The van der Waals surface area contributed by atoms with Crippen molar-refractivity contribution in [2.45, 2.75) is 13.0 Å². The smallest absolute Gasteiger partial charge is 0.185 e. The summed E-state index contributed by atoms with van der Waals surface area (Å²) >= 11 is 2.92. The van der Waals surface area contributed by atoms with E-state index in [2.05, 4.69) is 15.9 Å². The van der Waals surface area contributed by atoms with E-state index in [0.717, 1.165) is 0 Å². The molecule has 1 aromatic carbocycles. The monoisotopic (exact) mass is 261 g/mol. The van der Waals surface area contributed by atoms with Crippen molar-refractivity contribution in [1.29, 1.82) is 0 Å². The fourth-order valence-electron chi connectivity index (χ4n) is 1.00. The average molecular weight is 262 g/mol. The molecule has 1 rings (SSSR count). The van der Waals surface area contributed by atoms with Crippen molar-refractivity contribution in [3.05, 3.63) is 28.0 Å². The van der Waals surface area contributed by atoms with Gasteiger partial charge >= 0.3 is 0 Å². The first-order chi connectivity index (χ1) is 6.45. The Morgan fingerprint density at radius 3 is 2.71 bits per heavy atom. The normalized spacial score (nSPS) is 12.6. The molecule has 0 heterocycles. The number of benzene rings is 1. The van der Waals surface area contributed by atoms with Gasteiger partial charge in [0.15, 0.2) is 11.6 Å². The van der Waals surface area contributed by atoms with Crippen LogP contribution in [0.3, 0.4) is 0 Å². The third-order valence-electron chi connectivity index (χ3n) is 1.73. The maximum atomic E-state index is 13.4. The molecule has 5 heteroatoms. The Balaban J connectivity index is 3.33. The molecule has 0 spiro atoms. The minimum Gasteiger partial charge on any atom is -0.507 e. The number of halogens is 2. The Labute approximate surface area is 88.9 Å². The van der Waals surface area contributed by atoms with Crippen LogP contribution in [0.2, 0.25) is 0 Å². The van der Waals surface area contributed by atoms with Crippen LogP contribution in [-0.4, -0.2) is 16.9 Å². The van der Waals surface area contributed by atoms with Crippen molar-refractivity contribution in [2.75, 3.05) is 0 Å². The average Bonchev–Trinajstić information content (AvgIpc) is 2.12. The van der Waals surface area contributed by atoms with Crippen molar-refractivity contribution >= 4 is 21.7 Å². The van der Waals surface area contributed by atoms with Gasteiger partial charge in [-0.15, -0.1) is 0 Å². The second kappa shape index (κ2) is 4.06. The highest BCUT2D eigenvalue weighted by Crippen LogP contribution is 2.27. The Morgan fingerprint density at radius 2 is 2.21 bits per heavy atom.